The molecule has 7 rings (SSSR count). The quantitative estimate of drug-likeness (QED) is 0.167. The number of nitrogens with zero attached hydrogens (tertiary/aromatic N) is 3. The van der Waals surface area contributed by atoms with E-state index in [2.05, 4.69) is 27.3 Å². The SMILES string of the molecule is COC1/C=C\OC2(C)Oc3c(C)c(O)c4c(O)c(c5c(c4c3C2=O)NC2(CCN(Cc3ccccc3)CC2)N=5)=NC(=O)/C(C)=C\C=C\C(C)C(O)C(C)C(O)C(C)C(OC(C)=O)C1C. The fourth-order valence-electron chi connectivity index (χ4n) is 9.54. The molecule has 4 bridgehead atoms. The van der Waals surface area contributed by atoms with Gasteiger partial charge in [0.25, 0.3) is 11.7 Å². The highest BCUT2D eigenvalue weighted by Gasteiger charge is 2.51. The number of hydrogen-bond donors (Lipinski definition) is 5. The second kappa shape index (κ2) is 18.1. The first kappa shape index (κ1) is 46.4. The van der Waals surface area contributed by atoms with E-state index < -0.39 is 82.9 Å². The number of Topliss-reactive ketones (excluding diaryl/α,β-unsaturated/α-hetero) is 1. The molecular weight excluding hydrogens is 821 g/mol. The van der Waals surface area contributed by atoms with E-state index in [0.717, 1.165) is 6.54 Å². The highest BCUT2D eigenvalue weighted by molar-refractivity contribution is 6.21. The summed E-state index contributed by atoms with van der Waals surface area (Å²) in [6, 6.07) is 10.2. The zero-order valence-corrected chi connectivity index (χ0v) is 37.9. The minimum atomic E-state index is -1.96. The number of phenolic OH excluding ortho intramolecular Hbond substituents is 2. The molecular formula is C49H60N4O11. The summed E-state index contributed by atoms with van der Waals surface area (Å²) >= 11 is 0. The summed E-state index contributed by atoms with van der Waals surface area (Å²) < 4.78 is 24.1. The van der Waals surface area contributed by atoms with Gasteiger partial charge in [0, 0.05) is 93.6 Å². The van der Waals surface area contributed by atoms with Crippen LogP contribution >= 0.6 is 0 Å². The molecule has 0 saturated carbocycles. The molecule has 0 aliphatic carbocycles. The van der Waals surface area contributed by atoms with Crippen LogP contribution in [0.3, 0.4) is 0 Å². The van der Waals surface area contributed by atoms with Crippen molar-refractivity contribution in [2.75, 3.05) is 25.5 Å². The molecule has 5 N–H and O–H groups in total. The lowest BCUT2D eigenvalue weighted by Gasteiger charge is -2.38. The number of ether oxygens (including phenoxy) is 4. The van der Waals surface area contributed by atoms with E-state index in [-0.39, 0.29) is 49.7 Å². The topological polar surface area (TPSA) is 209 Å². The van der Waals surface area contributed by atoms with Crippen LogP contribution in [0.4, 0.5) is 5.69 Å². The average Bonchev–Trinajstić information content (AvgIpc) is 3.77. The van der Waals surface area contributed by atoms with Gasteiger partial charge in [0.2, 0.25) is 0 Å². The number of carbonyl (C=O) groups excluding carboxylic acids is 3. The van der Waals surface area contributed by atoms with Gasteiger partial charge in [-0.2, -0.15) is 0 Å². The van der Waals surface area contributed by atoms with Crippen LogP contribution in [0, 0.1) is 30.6 Å². The molecule has 15 heteroatoms. The number of phenols is 2. The molecule has 3 aromatic rings. The lowest BCUT2D eigenvalue weighted by atomic mass is 9.78. The Morgan fingerprint density at radius 2 is 1.62 bits per heavy atom. The van der Waals surface area contributed by atoms with Crippen molar-refractivity contribution in [1.29, 1.82) is 0 Å². The molecule has 0 radical (unpaired) electrons. The van der Waals surface area contributed by atoms with Gasteiger partial charge in [-0.1, -0.05) is 76.3 Å². The number of anilines is 1. The number of carbonyl (C=O) groups is 3. The third kappa shape index (κ3) is 8.53. The van der Waals surface area contributed by atoms with Crippen LogP contribution < -0.4 is 20.8 Å². The van der Waals surface area contributed by atoms with Gasteiger partial charge in [0.15, 0.2) is 5.75 Å². The maximum absolute atomic E-state index is 14.8. The largest absolute Gasteiger partial charge is 0.507 e. The van der Waals surface area contributed by atoms with Crippen LogP contribution in [0.25, 0.3) is 10.8 Å². The number of aliphatic hydroxyl groups is 2. The van der Waals surface area contributed by atoms with Crippen LogP contribution in [-0.4, -0.2) is 99.1 Å². The lowest BCUT2D eigenvalue weighted by Crippen LogP contribution is -2.46. The molecule has 64 heavy (non-hydrogen) atoms. The first-order valence-corrected chi connectivity index (χ1v) is 21.9. The number of aliphatic hydroxyl groups excluding tert-OH is 2. The number of fused-ring (bicyclic) bond motifs is 1. The maximum Gasteiger partial charge on any atom is 0.312 e. The van der Waals surface area contributed by atoms with Crippen molar-refractivity contribution in [1.82, 2.24) is 4.90 Å². The van der Waals surface area contributed by atoms with Crippen molar-refractivity contribution >= 4 is 34.1 Å². The van der Waals surface area contributed by atoms with Gasteiger partial charge in [0.05, 0.1) is 41.2 Å². The van der Waals surface area contributed by atoms with Crippen LogP contribution in [0.15, 0.2) is 76.5 Å². The first-order valence-electron chi connectivity index (χ1n) is 21.9. The summed E-state index contributed by atoms with van der Waals surface area (Å²) in [5.41, 5.74) is 0.986. The molecule has 3 aromatic carbocycles. The molecule has 1 spiro atoms. The van der Waals surface area contributed by atoms with Gasteiger partial charge in [0.1, 0.15) is 34.0 Å². The third-order valence-corrected chi connectivity index (χ3v) is 13.5. The van der Waals surface area contributed by atoms with E-state index in [1.54, 1.807) is 59.8 Å². The van der Waals surface area contributed by atoms with Crippen molar-refractivity contribution in [3.8, 4) is 17.2 Å². The molecule has 4 aliphatic rings. The van der Waals surface area contributed by atoms with Crippen molar-refractivity contribution in [3.05, 3.63) is 93.9 Å². The number of benzene rings is 3. The Kier molecular flexibility index (Phi) is 13.1. The number of nitrogens with one attached hydrogen (secondary N) is 1. The van der Waals surface area contributed by atoms with Crippen LogP contribution in [0.5, 0.6) is 17.2 Å². The number of piperidine rings is 1. The number of esters is 1. The summed E-state index contributed by atoms with van der Waals surface area (Å²) in [6.07, 6.45) is 4.96. The van der Waals surface area contributed by atoms with Gasteiger partial charge >= 0.3 is 11.8 Å². The molecule has 0 aromatic heterocycles. The van der Waals surface area contributed by atoms with Crippen LogP contribution in [0.1, 0.15) is 82.8 Å². The predicted molar refractivity (Wildman–Crippen MR) is 238 cm³/mol. The first-order chi connectivity index (χ1) is 30.3. The monoisotopic (exact) mass is 880 g/mol. The van der Waals surface area contributed by atoms with E-state index >= 15 is 0 Å². The molecule has 9 atom stereocenters. The highest BCUT2D eigenvalue weighted by atomic mass is 16.7. The molecule has 1 fully saturated rings. The summed E-state index contributed by atoms with van der Waals surface area (Å²) in [5.74, 6) is -7.12. The van der Waals surface area contributed by atoms with E-state index in [1.807, 2.05) is 18.2 Å². The number of allylic oxidation sites excluding steroid dienone is 2. The molecule has 9 unspecified atom stereocenters. The molecule has 1 amide bonds. The minimum absolute atomic E-state index is 0.0439. The van der Waals surface area contributed by atoms with Gasteiger partial charge in [-0.3, -0.25) is 24.3 Å². The number of likely N-dealkylation sites (tertiary alicyclic amines) is 1. The smallest absolute Gasteiger partial charge is 0.312 e. The summed E-state index contributed by atoms with van der Waals surface area (Å²) in [6.45, 7) is 14.9. The van der Waals surface area contributed by atoms with E-state index in [4.69, 9.17) is 23.9 Å². The lowest BCUT2D eigenvalue weighted by molar-refractivity contribution is -0.160. The summed E-state index contributed by atoms with van der Waals surface area (Å²) in [5, 5.41) is 50.7. The second-order valence-corrected chi connectivity index (χ2v) is 18.0. The van der Waals surface area contributed by atoms with Crippen molar-refractivity contribution < 1.29 is 53.8 Å². The Hall–Kier alpha value is -5.61. The van der Waals surface area contributed by atoms with Crippen LogP contribution in [-0.2, 0) is 30.3 Å². The Morgan fingerprint density at radius 1 is 0.938 bits per heavy atom. The van der Waals surface area contributed by atoms with E-state index in [1.165, 1.54) is 38.9 Å². The molecule has 4 aliphatic heterocycles. The Bertz CT molecular complexity index is 2550. The molecule has 1 saturated heterocycles. The van der Waals surface area contributed by atoms with Crippen LogP contribution in [0.2, 0.25) is 0 Å². The number of methoxy groups -OCH3 is 1. The number of hydrogen-bond acceptors (Lipinski definition) is 14. The Balaban J connectivity index is 1.38. The zero-order valence-electron chi connectivity index (χ0n) is 37.9. The minimum Gasteiger partial charge on any atom is -0.507 e. The predicted octanol–water partition coefficient (Wildman–Crippen LogP) is 5.29. The van der Waals surface area contributed by atoms with E-state index in [0.29, 0.717) is 31.6 Å². The number of amides is 1. The Labute approximate surface area is 372 Å². The molecule has 342 valence electrons. The highest BCUT2D eigenvalue weighted by Crippen LogP contribution is 2.51. The summed E-state index contributed by atoms with van der Waals surface area (Å²) in [7, 11) is 1.47. The summed E-state index contributed by atoms with van der Waals surface area (Å²) in [4.78, 5) is 53.1. The zero-order chi connectivity index (χ0) is 46.4. The van der Waals surface area contributed by atoms with Gasteiger partial charge in [-0.15, -0.1) is 0 Å². The maximum atomic E-state index is 14.8. The normalized spacial score (nSPS) is 31.5. The molecule has 15 nitrogen and oxygen atoms in total. The fraction of sp³-hybridized carbons (Fsp3) is 0.490. The van der Waals surface area contributed by atoms with Crippen molar-refractivity contribution in [2.24, 2.45) is 33.7 Å². The third-order valence-electron chi connectivity index (χ3n) is 13.5. The number of rotatable bonds is 4. The number of ketones is 1. The number of aromatic hydroxyl groups is 2. The second-order valence-electron chi connectivity index (χ2n) is 18.0. The van der Waals surface area contributed by atoms with Gasteiger partial charge < -0.3 is 44.7 Å². The van der Waals surface area contributed by atoms with Crippen molar-refractivity contribution in [2.45, 2.75) is 111 Å². The Morgan fingerprint density at radius 3 is 2.28 bits per heavy atom. The van der Waals surface area contributed by atoms with E-state index in [9.17, 15) is 34.8 Å². The van der Waals surface area contributed by atoms with Crippen molar-refractivity contribution in [3.63, 3.8) is 0 Å². The standard InChI is InChI=1S/C49H60N4O11/c1-25-14-13-15-26(2)47(60)50-39-38-37(51-49(52-38)19-21-53(22-20-49)24-32-16-11-10-12-17-32)34-35(43(39)58)42(57)30(6)45-36(34)46(59)48(8,64-45)62-23-18-33(61-9)27(3)44(63-31(7)54)29(5)41(56)28(4)40(25)55/h10-18,23,25,27-29,33,40-41,44,51,55-58H,19-22,24H2,1-9H3/b14-13+,23-18-,26-15-,50-39?. The average molecular weight is 881 g/mol. The fourth-order valence-corrected chi connectivity index (χ4v) is 9.54. The van der Waals surface area contributed by atoms with Gasteiger partial charge in [-0.05, 0) is 25.5 Å². The molecule has 4 heterocycles. The van der Waals surface area contributed by atoms with Gasteiger partial charge in [-0.25, -0.2) is 4.99 Å².